The number of thiazole rings is 1. The predicted octanol–water partition coefficient (Wildman–Crippen LogP) is 1.65. The van der Waals surface area contributed by atoms with Gasteiger partial charge in [-0.1, -0.05) is 25.1 Å². The molecule has 1 heterocycles. The Morgan fingerprint density at radius 1 is 1.56 bits per heavy atom. The Balaban J connectivity index is 1.88. The van der Waals surface area contributed by atoms with Gasteiger partial charge in [-0.15, -0.1) is 11.3 Å². The maximum absolute atomic E-state index is 12.2. The van der Waals surface area contributed by atoms with Gasteiger partial charge >= 0.3 is 0 Å². The topological polar surface area (TPSA) is 68.0 Å². The van der Waals surface area contributed by atoms with E-state index < -0.39 is 5.41 Å². The average Bonchev–Trinajstić information content (AvgIpc) is 3.00. The van der Waals surface area contributed by atoms with Gasteiger partial charge in [0.15, 0.2) is 0 Å². The number of nitrogens with one attached hydrogen (secondary N) is 1. The Morgan fingerprint density at radius 2 is 2.28 bits per heavy atom. The molecule has 0 radical (unpaired) electrons. The lowest BCUT2D eigenvalue weighted by atomic mass is 9.85. The monoisotopic (exact) mass is 283 g/mol. The lowest BCUT2D eigenvalue weighted by molar-refractivity contribution is -0.127. The number of nitrogens with zero attached hydrogens (tertiary/aromatic N) is 1. The van der Waals surface area contributed by atoms with Crippen LogP contribution >= 0.6 is 23.6 Å². The molecule has 0 saturated heterocycles. The van der Waals surface area contributed by atoms with E-state index in [0.717, 1.165) is 37.8 Å². The summed E-state index contributed by atoms with van der Waals surface area (Å²) in [7, 11) is 0. The molecule has 1 amide bonds. The zero-order valence-corrected chi connectivity index (χ0v) is 11.8. The molecule has 0 aromatic carbocycles. The molecule has 0 bridgehead atoms. The molecule has 98 valence electrons. The van der Waals surface area contributed by atoms with Crippen molar-refractivity contribution in [3.63, 3.8) is 0 Å². The van der Waals surface area contributed by atoms with Crippen molar-refractivity contribution in [1.29, 1.82) is 0 Å². The molecule has 1 aromatic heterocycles. The largest absolute Gasteiger partial charge is 0.392 e. The van der Waals surface area contributed by atoms with E-state index in [1.165, 1.54) is 0 Å². The highest BCUT2D eigenvalue weighted by molar-refractivity contribution is 7.80. The second-order valence-electron chi connectivity index (χ2n) is 4.64. The van der Waals surface area contributed by atoms with Crippen LogP contribution in [0.3, 0.4) is 0 Å². The van der Waals surface area contributed by atoms with E-state index in [0.29, 0.717) is 11.5 Å². The van der Waals surface area contributed by atoms with Gasteiger partial charge < -0.3 is 11.1 Å². The average molecular weight is 283 g/mol. The fourth-order valence-corrected chi connectivity index (χ4v) is 3.29. The van der Waals surface area contributed by atoms with Crippen LogP contribution in [-0.2, 0) is 11.2 Å². The number of thiocarbonyl (C=S) groups is 1. The van der Waals surface area contributed by atoms with Crippen LogP contribution in [0, 0.1) is 5.41 Å². The van der Waals surface area contributed by atoms with E-state index >= 15 is 0 Å². The van der Waals surface area contributed by atoms with Crippen LogP contribution in [0.25, 0.3) is 0 Å². The highest BCUT2D eigenvalue weighted by Crippen LogP contribution is 2.38. The van der Waals surface area contributed by atoms with Gasteiger partial charge in [-0.2, -0.15) is 0 Å². The predicted molar refractivity (Wildman–Crippen MR) is 76.5 cm³/mol. The van der Waals surface area contributed by atoms with Gasteiger partial charge in [-0.05, 0) is 12.8 Å². The molecule has 6 heteroatoms. The van der Waals surface area contributed by atoms with Crippen molar-refractivity contribution in [3.8, 4) is 0 Å². The smallest absolute Gasteiger partial charge is 0.233 e. The summed E-state index contributed by atoms with van der Waals surface area (Å²) < 4.78 is 0. The van der Waals surface area contributed by atoms with Crippen molar-refractivity contribution < 1.29 is 4.79 Å². The summed E-state index contributed by atoms with van der Waals surface area (Å²) in [6.07, 6.45) is 4.37. The standard InChI is InChI=1S/C12H17N3OS2/c13-10(17)12(4-1-2-5-12)11(16)14-6-3-9-7-18-8-15-9/h7-8H,1-6H2,(H2,13,17)(H,14,16). The van der Waals surface area contributed by atoms with Crippen molar-refractivity contribution in [2.24, 2.45) is 11.1 Å². The van der Waals surface area contributed by atoms with Crippen LogP contribution in [0.5, 0.6) is 0 Å². The van der Waals surface area contributed by atoms with Gasteiger partial charge in [0.1, 0.15) is 0 Å². The molecule has 0 unspecified atom stereocenters. The maximum Gasteiger partial charge on any atom is 0.233 e. The fraction of sp³-hybridized carbons (Fsp3) is 0.583. The molecule has 1 aliphatic rings. The van der Waals surface area contributed by atoms with Gasteiger partial charge in [0, 0.05) is 18.3 Å². The Kier molecular flexibility index (Phi) is 4.29. The molecule has 1 fully saturated rings. The van der Waals surface area contributed by atoms with E-state index in [-0.39, 0.29) is 5.91 Å². The minimum Gasteiger partial charge on any atom is -0.392 e. The molecule has 1 saturated carbocycles. The Labute approximate surface area is 116 Å². The quantitative estimate of drug-likeness (QED) is 0.806. The number of carbonyl (C=O) groups excluding carboxylic acids is 1. The van der Waals surface area contributed by atoms with E-state index in [2.05, 4.69) is 10.3 Å². The van der Waals surface area contributed by atoms with Crippen molar-refractivity contribution in [2.75, 3.05) is 6.54 Å². The molecule has 0 spiro atoms. The third kappa shape index (κ3) is 2.70. The molecule has 1 aliphatic carbocycles. The zero-order valence-electron chi connectivity index (χ0n) is 10.1. The first-order chi connectivity index (χ1) is 8.65. The van der Waals surface area contributed by atoms with E-state index in [4.69, 9.17) is 18.0 Å². The van der Waals surface area contributed by atoms with Crippen molar-refractivity contribution in [2.45, 2.75) is 32.1 Å². The summed E-state index contributed by atoms with van der Waals surface area (Å²) in [5.41, 5.74) is 7.97. The number of hydrogen-bond acceptors (Lipinski definition) is 4. The highest BCUT2D eigenvalue weighted by Gasteiger charge is 2.43. The number of carbonyl (C=O) groups is 1. The van der Waals surface area contributed by atoms with Gasteiger partial charge in [0.2, 0.25) is 5.91 Å². The number of rotatable bonds is 5. The van der Waals surface area contributed by atoms with Crippen molar-refractivity contribution >= 4 is 34.5 Å². The molecule has 0 aliphatic heterocycles. The normalized spacial score (nSPS) is 17.6. The van der Waals surface area contributed by atoms with E-state index in [1.54, 1.807) is 16.8 Å². The highest BCUT2D eigenvalue weighted by atomic mass is 32.1. The fourth-order valence-electron chi connectivity index (χ4n) is 2.40. The first-order valence-corrected chi connectivity index (χ1v) is 7.45. The maximum atomic E-state index is 12.2. The van der Waals surface area contributed by atoms with Gasteiger partial charge in [0.05, 0.1) is 21.6 Å². The number of aromatic nitrogens is 1. The van der Waals surface area contributed by atoms with E-state index in [9.17, 15) is 4.79 Å². The first-order valence-electron chi connectivity index (χ1n) is 6.10. The summed E-state index contributed by atoms with van der Waals surface area (Å²) in [4.78, 5) is 16.8. The Hall–Kier alpha value is -1.01. The second kappa shape index (κ2) is 5.75. The van der Waals surface area contributed by atoms with Crippen molar-refractivity contribution in [3.05, 3.63) is 16.6 Å². The van der Waals surface area contributed by atoms with E-state index in [1.807, 2.05) is 5.38 Å². The van der Waals surface area contributed by atoms with Crippen LogP contribution in [0.2, 0.25) is 0 Å². The lowest BCUT2D eigenvalue weighted by Gasteiger charge is -2.26. The SMILES string of the molecule is NC(=S)C1(C(=O)NCCc2cscn2)CCCC1. The molecule has 0 atom stereocenters. The summed E-state index contributed by atoms with van der Waals surface area (Å²) in [6, 6.07) is 0. The summed E-state index contributed by atoms with van der Waals surface area (Å²) >= 11 is 6.64. The molecular weight excluding hydrogens is 266 g/mol. The Morgan fingerprint density at radius 3 is 2.83 bits per heavy atom. The van der Waals surface area contributed by atoms with Gasteiger partial charge in [-0.25, -0.2) is 4.98 Å². The number of hydrogen-bond donors (Lipinski definition) is 2. The molecular formula is C12H17N3OS2. The zero-order chi connectivity index (χ0) is 13.0. The number of nitrogens with two attached hydrogens (primary N) is 1. The minimum atomic E-state index is -0.600. The van der Waals surface area contributed by atoms with Crippen LogP contribution < -0.4 is 11.1 Å². The summed E-state index contributed by atoms with van der Waals surface area (Å²) in [5.74, 6) is -0.0114. The third-order valence-electron chi connectivity index (χ3n) is 3.51. The third-order valence-corrected chi connectivity index (χ3v) is 4.54. The second-order valence-corrected chi connectivity index (χ2v) is 5.80. The van der Waals surface area contributed by atoms with Crippen molar-refractivity contribution in [1.82, 2.24) is 10.3 Å². The summed E-state index contributed by atoms with van der Waals surface area (Å²) in [5, 5.41) is 4.93. The van der Waals surface area contributed by atoms with Gasteiger partial charge in [-0.3, -0.25) is 4.79 Å². The first kappa shape index (κ1) is 13.4. The lowest BCUT2D eigenvalue weighted by Crippen LogP contribution is -2.47. The van der Waals surface area contributed by atoms with Crippen LogP contribution in [0.1, 0.15) is 31.4 Å². The van der Waals surface area contributed by atoms with Gasteiger partial charge in [0.25, 0.3) is 0 Å². The van der Waals surface area contributed by atoms with Crippen LogP contribution in [0.15, 0.2) is 10.9 Å². The molecule has 18 heavy (non-hydrogen) atoms. The molecule has 1 aromatic rings. The summed E-state index contributed by atoms with van der Waals surface area (Å²) in [6.45, 7) is 0.590. The number of amides is 1. The molecule has 3 N–H and O–H groups in total. The minimum absolute atomic E-state index is 0.0114. The van der Waals surface area contributed by atoms with Crippen LogP contribution in [0.4, 0.5) is 0 Å². The molecule has 4 nitrogen and oxygen atoms in total. The Bertz CT molecular complexity index is 425. The molecule has 2 rings (SSSR count). The van der Waals surface area contributed by atoms with Crippen LogP contribution in [-0.4, -0.2) is 22.4 Å².